The molecule has 4 aromatic rings. The molecule has 4 rings (SSSR count). The molecule has 3 N–H and O–H groups in total. The molecule has 0 aliphatic heterocycles. The zero-order chi connectivity index (χ0) is 22.2. The molecule has 0 unspecified atom stereocenters. The number of sulfonamides is 1. The molecule has 3 heterocycles. The van der Waals surface area contributed by atoms with Gasteiger partial charge in [-0.2, -0.15) is 8.42 Å². The van der Waals surface area contributed by atoms with Crippen molar-refractivity contribution in [2.24, 2.45) is 0 Å². The minimum atomic E-state index is -4.07. The highest BCUT2D eigenvalue weighted by atomic mass is 32.2. The molecule has 158 valence electrons. The first-order valence-corrected chi connectivity index (χ1v) is 11.2. The van der Waals surface area contributed by atoms with Gasteiger partial charge in [-0.3, -0.25) is 9.71 Å². The molecule has 11 heteroatoms. The van der Waals surface area contributed by atoms with Crippen molar-refractivity contribution >= 4 is 32.2 Å². The van der Waals surface area contributed by atoms with Crippen LogP contribution in [0.2, 0.25) is 0 Å². The number of nitrogen functional groups attached to an aromatic ring is 1. The zero-order valence-corrected chi connectivity index (χ0v) is 17.6. The van der Waals surface area contributed by atoms with Gasteiger partial charge in [-0.25, -0.2) is 18.7 Å². The van der Waals surface area contributed by atoms with E-state index in [1.54, 1.807) is 31.3 Å². The predicted octanol–water partition coefficient (Wildman–Crippen LogP) is 4.24. The Balaban J connectivity index is 1.80. The number of hydrogen-bond donors (Lipinski definition) is 2. The Labute approximate surface area is 180 Å². The van der Waals surface area contributed by atoms with Crippen LogP contribution in [0.1, 0.15) is 5.56 Å². The number of pyridine rings is 2. The lowest BCUT2D eigenvalue weighted by atomic mass is 10.1. The van der Waals surface area contributed by atoms with E-state index in [9.17, 15) is 17.2 Å². The van der Waals surface area contributed by atoms with Gasteiger partial charge < -0.3 is 5.73 Å². The summed E-state index contributed by atoms with van der Waals surface area (Å²) in [6.45, 7) is 1.58. The van der Waals surface area contributed by atoms with Crippen molar-refractivity contribution in [1.82, 2.24) is 15.0 Å². The number of aryl methyl sites for hydroxylation is 1. The topological polar surface area (TPSA) is 111 Å². The fourth-order valence-electron chi connectivity index (χ4n) is 2.90. The first kappa shape index (κ1) is 20.8. The fraction of sp³-hybridized carbons (Fsp3) is 0.0500. The lowest BCUT2D eigenvalue weighted by Crippen LogP contribution is -2.16. The molecule has 7 nitrogen and oxygen atoms in total. The highest BCUT2D eigenvalue weighted by Crippen LogP contribution is 2.39. The Morgan fingerprint density at radius 2 is 1.87 bits per heavy atom. The van der Waals surface area contributed by atoms with Gasteiger partial charge in [-0.1, -0.05) is 17.4 Å². The predicted molar refractivity (Wildman–Crippen MR) is 115 cm³/mol. The summed E-state index contributed by atoms with van der Waals surface area (Å²) in [5.74, 6) is -2.04. The number of nitrogens with two attached hydrogens (primary N) is 1. The molecular formula is C20H15F2N5O2S2. The van der Waals surface area contributed by atoms with E-state index in [0.29, 0.717) is 21.8 Å². The molecule has 0 saturated heterocycles. The second-order valence-corrected chi connectivity index (χ2v) is 9.13. The van der Waals surface area contributed by atoms with Crippen LogP contribution in [0.15, 0.2) is 59.9 Å². The van der Waals surface area contributed by atoms with E-state index in [4.69, 9.17) is 5.73 Å². The maximum Gasteiger partial charge on any atom is 0.281 e. The van der Waals surface area contributed by atoms with E-state index in [-0.39, 0.29) is 21.4 Å². The lowest BCUT2D eigenvalue weighted by molar-refractivity contribution is 0.509. The molecule has 0 fully saturated rings. The minimum Gasteiger partial charge on any atom is -0.397 e. The van der Waals surface area contributed by atoms with Crippen LogP contribution in [0.3, 0.4) is 0 Å². The molecule has 0 aliphatic carbocycles. The lowest BCUT2D eigenvalue weighted by Gasteiger charge is -2.07. The molecule has 0 saturated carbocycles. The summed E-state index contributed by atoms with van der Waals surface area (Å²) in [5, 5.41) is -0.163. The first-order chi connectivity index (χ1) is 14.7. The Kier molecular flexibility index (Phi) is 5.38. The number of aromatic nitrogens is 3. The van der Waals surface area contributed by atoms with E-state index >= 15 is 0 Å². The molecule has 0 amide bonds. The SMILES string of the molecule is Cc1cc(N)cnc1S(=O)(=O)Nc1nc(-c2ccc(F)c(F)c2)c(-c2ccccn2)s1. The van der Waals surface area contributed by atoms with Crippen LogP contribution < -0.4 is 10.5 Å². The van der Waals surface area contributed by atoms with Crippen LogP contribution in [-0.4, -0.2) is 23.4 Å². The summed E-state index contributed by atoms with van der Waals surface area (Å²) in [7, 11) is -4.07. The minimum absolute atomic E-state index is 0.0263. The van der Waals surface area contributed by atoms with Gasteiger partial charge in [0, 0.05) is 11.8 Å². The quantitative estimate of drug-likeness (QED) is 0.462. The first-order valence-electron chi connectivity index (χ1n) is 8.87. The number of benzene rings is 1. The van der Waals surface area contributed by atoms with Gasteiger partial charge in [0.05, 0.1) is 28.1 Å². The van der Waals surface area contributed by atoms with Crippen molar-refractivity contribution in [3.63, 3.8) is 0 Å². The van der Waals surface area contributed by atoms with Crippen LogP contribution in [0.4, 0.5) is 19.6 Å². The van der Waals surface area contributed by atoms with Crippen LogP contribution in [0, 0.1) is 18.6 Å². The Bertz CT molecular complexity index is 1380. The van der Waals surface area contributed by atoms with E-state index in [2.05, 4.69) is 19.7 Å². The van der Waals surface area contributed by atoms with Gasteiger partial charge in [0.2, 0.25) is 0 Å². The van der Waals surface area contributed by atoms with E-state index < -0.39 is 21.7 Å². The van der Waals surface area contributed by atoms with Crippen LogP contribution in [0.25, 0.3) is 21.8 Å². The summed E-state index contributed by atoms with van der Waals surface area (Å²) in [4.78, 5) is 13.0. The third kappa shape index (κ3) is 4.23. The summed E-state index contributed by atoms with van der Waals surface area (Å²) >= 11 is 1.02. The van der Waals surface area contributed by atoms with Gasteiger partial charge in [0.25, 0.3) is 10.0 Å². The highest BCUT2D eigenvalue weighted by Gasteiger charge is 2.23. The number of rotatable bonds is 5. The number of hydrogen-bond acceptors (Lipinski definition) is 7. The molecule has 0 bridgehead atoms. The van der Waals surface area contributed by atoms with Crippen molar-refractivity contribution in [3.05, 3.63) is 72.1 Å². The summed E-state index contributed by atoms with van der Waals surface area (Å²) < 4.78 is 55.3. The fourth-order valence-corrected chi connectivity index (χ4v) is 5.26. The smallest absolute Gasteiger partial charge is 0.281 e. The van der Waals surface area contributed by atoms with Crippen LogP contribution in [0.5, 0.6) is 0 Å². The number of thiazole rings is 1. The molecule has 0 spiro atoms. The number of halogens is 2. The highest BCUT2D eigenvalue weighted by molar-refractivity contribution is 7.92. The normalized spacial score (nSPS) is 11.5. The van der Waals surface area contributed by atoms with Gasteiger partial charge >= 0.3 is 0 Å². The maximum atomic E-state index is 13.8. The summed E-state index contributed by atoms with van der Waals surface area (Å²) in [6.07, 6.45) is 2.81. The van der Waals surface area contributed by atoms with Crippen molar-refractivity contribution in [2.75, 3.05) is 10.5 Å². The third-order valence-electron chi connectivity index (χ3n) is 4.25. The average molecular weight is 460 g/mol. The van der Waals surface area contributed by atoms with Gasteiger partial charge in [0.1, 0.15) is 0 Å². The molecule has 3 aromatic heterocycles. The maximum absolute atomic E-state index is 13.8. The number of anilines is 2. The molecule has 1 aromatic carbocycles. The Morgan fingerprint density at radius 3 is 2.55 bits per heavy atom. The Hall–Kier alpha value is -3.44. The van der Waals surface area contributed by atoms with E-state index in [0.717, 1.165) is 23.5 Å². The van der Waals surface area contributed by atoms with Crippen molar-refractivity contribution in [2.45, 2.75) is 11.9 Å². The molecule has 0 aliphatic rings. The number of nitrogens with zero attached hydrogens (tertiary/aromatic N) is 3. The Morgan fingerprint density at radius 1 is 1.06 bits per heavy atom. The van der Waals surface area contributed by atoms with Gasteiger partial charge in [-0.05, 0) is 48.9 Å². The summed E-state index contributed by atoms with van der Waals surface area (Å²) in [5.41, 5.74) is 7.41. The standard InChI is InChI=1S/C20H15F2N5O2S2/c1-11-8-13(23)10-25-19(11)31(28,29)27-20-26-17(12-5-6-14(21)15(22)9-12)18(30-20)16-4-2-3-7-24-16/h2-10H,23H2,1H3,(H,26,27). The second kappa shape index (κ2) is 8.00. The van der Waals surface area contributed by atoms with Crippen molar-refractivity contribution in [1.29, 1.82) is 0 Å². The second-order valence-electron chi connectivity index (χ2n) is 6.54. The van der Waals surface area contributed by atoms with E-state index in [1.807, 2.05) is 0 Å². The van der Waals surface area contributed by atoms with Gasteiger partial charge in [0.15, 0.2) is 21.8 Å². The molecule has 0 radical (unpaired) electrons. The monoisotopic (exact) mass is 459 g/mol. The van der Waals surface area contributed by atoms with Crippen molar-refractivity contribution < 1.29 is 17.2 Å². The van der Waals surface area contributed by atoms with E-state index in [1.165, 1.54) is 18.3 Å². The number of nitrogens with one attached hydrogen (secondary N) is 1. The third-order valence-corrected chi connectivity index (χ3v) is 6.77. The molecule has 31 heavy (non-hydrogen) atoms. The van der Waals surface area contributed by atoms with Crippen molar-refractivity contribution in [3.8, 4) is 21.8 Å². The van der Waals surface area contributed by atoms with Crippen LogP contribution in [-0.2, 0) is 10.0 Å². The largest absolute Gasteiger partial charge is 0.397 e. The molecule has 0 atom stereocenters. The van der Waals surface area contributed by atoms with Gasteiger partial charge in [-0.15, -0.1) is 0 Å². The van der Waals surface area contributed by atoms with Crippen LogP contribution >= 0.6 is 11.3 Å². The average Bonchev–Trinajstić information content (AvgIpc) is 3.13. The zero-order valence-electron chi connectivity index (χ0n) is 16.0. The summed E-state index contributed by atoms with van der Waals surface area (Å²) in [6, 6.07) is 10.0. The molecular weight excluding hydrogens is 444 g/mol.